The van der Waals surface area contributed by atoms with Crippen molar-refractivity contribution in [1.29, 1.82) is 0 Å². The second-order valence-electron chi connectivity index (χ2n) is 11.7. The zero-order valence-corrected chi connectivity index (χ0v) is 20.2. The van der Waals surface area contributed by atoms with Crippen molar-refractivity contribution >= 4 is 11.8 Å². The van der Waals surface area contributed by atoms with Crippen molar-refractivity contribution < 1.29 is 14.7 Å². The van der Waals surface area contributed by atoms with Crippen molar-refractivity contribution in [2.75, 3.05) is 0 Å². The number of ketones is 1. The Morgan fingerprint density at radius 3 is 2.52 bits per heavy atom. The van der Waals surface area contributed by atoms with E-state index in [-0.39, 0.29) is 17.3 Å². The van der Waals surface area contributed by atoms with Crippen molar-refractivity contribution in [2.45, 2.75) is 92.4 Å². The molecular weight excluding hydrogens is 384 g/mol. The first-order valence-electron chi connectivity index (χ1n) is 12.7. The minimum absolute atomic E-state index is 0.214. The summed E-state index contributed by atoms with van der Waals surface area (Å²) in [5.74, 6) is 2.51. The molecule has 4 aliphatic carbocycles. The zero-order chi connectivity index (χ0) is 22.6. The van der Waals surface area contributed by atoms with E-state index >= 15 is 0 Å². The molecule has 31 heavy (non-hydrogen) atoms. The largest absolute Gasteiger partial charge is 0.481 e. The number of fused-ring (bicyclic) bond motifs is 5. The number of allylic oxidation sites excluding steroid dienone is 4. The molecule has 3 heteroatoms. The van der Waals surface area contributed by atoms with Gasteiger partial charge in [-0.05, 0) is 99.7 Å². The van der Waals surface area contributed by atoms with Gasteiger partial charge in [-0.3, -0.25) is 9.59 Å². The van der Waals surface area contributed by atoms with Gasteiger partial charge in [0.25, 0.3) is 0 Å². The number of hydrogen-bond acceptors (Lipinski definition) is 2. The summed E-state index contributed by atoms with van der Waals surface area (Å²) >= 11 is 0. The Bertz CT molecular complexity index is 807. The maximum absolute atomic E-state index is 13.9. The van der Waals surface area contributed by atoms with Crippen LogP contribution in [0.25, 0.3) is 0 Å². The molecule has 0 aromatic rings. The number of carbonyl (C=O) groups excluding carboxylic acids is 1. The van der Waals surface area contributed by atoms with E-state index in [2.05, 4.69) is 46.8 Å². The summed E-state index contributed by atoms with van der Waals surface area (Å²) in [4.78, 5) is 25.0. The van der Waals surface area contributed by atoms with Crippen LogP contribution in [0.1, 0.15) is 92.4 Å². The molecule has 0 aliphatic heterocycles. The molecule has 4 rings (SSSR count). The lowest BCUT2D eigenvalue weighted by molar-refractivity contribution is -0.151. The topological polar surface area (TPSA) is 54.4 Å². The van der Waals surface area contributed by atoms with Crippen molar-refractivity contribution in [3.05, 3.63) is 23.3 Å². The molecule has 0 radical (unpaired) electrons. The molecule has 1 N–H and O–H groups in total. The lowest BCUT2D eigenvalue weighted by Gasteiger charge is -2.61. The monoisotopic (exact) mass is 426 g/mol. The Kier molecular flexibility index (Phi) is 6.03. The van der Waals surface area contributed by atoms with Gasteiger partial charge < -0.3 is 5.11 Å². The van der Waals surface area contributed by atoms with Crippen LogP contribution in [0.4, 0.5) is 0 Å². The Morgan fingerprint density at radius 2 is 1.87 bits per heavy atom. The molecular formula is C28H42O3. The fourth-order valence-corrected chi connectivity index (χ4v) is 8.69. The minimum atomic E-state index is -0.721. The van der Waals surface area contributed by atoms with Gasteiger partial charge in [0.1, 0.15) is 5.78 Å². The maximum Gasteiger partial charge on any atom is 0.303 e. The van der Waals surface area contributed by atoms with Crippen LogP contribution in [0.3, 0.4) is 0 Å². The van der Waals surface area contributed by atoms with Crippen molar-refractivity contribution in [3.63, 3.8) is 0 Å². The van der Waals surface area contributed by atoms with Crippen LogP contribution in [0.5, 0.6) is 0 Å². The summed E-state index contributed by atoms with van der Waals surface area (Å²) in [5, 5.41) is 9.17. The predicted molar refractivity (Wildman–Crippen MR) is 125 cm³/mol. The first-order valence-corrected chi connectivity index (χ1v) is 12.7. The van der Waals surface area contributed by atoms with E-state index in [0.29, 0.717) is 47.7 Å². The average molecular weight is 427 g/mol. The van der Waals surface area contributed by atoms with E-state index in [1.165, 1.54) is 25.7 Å². The van der Waals surface area contributed by atoms with Crippen LogP contribution >= 0.6 is 0 Å². The molecule has 0 unspecified atom stereocenters. The van der Waals surface area contributed by atoms with Gasteiger partial charge >= 0.3 is 5.97 Å². The molecule has 0 amide bonds. The Balaban J connectivity index is 1.66. The smallest absolute Gasteiger partial charge is 0.303 e. The van der Waals surface area contributed by atoms with E-state index in [9.17, 15) is 14.7 Å². The van der Waals surface area contributed by atoms with Gasteiger partial charge in [-0.25, -0.2) is 0 Å². The third-order valence-electron chi connectivity index (χ3n) is 10.7. The number of carboxylic acids is 1. The molecule has 8 atom stereocenters. The molecule has 4 aliphatic rings. The SMILES string of the molecule is C/C=C1/CC[C@@]2(C)[C@@H](C1)C/C(=C\C)[C@@H]1[C@@H]2CC(=O)[C@]2(C)[C@@H]([C@H](C)CCC(=O)O)CC[C@@H]12. The van der Waals surface area contributed by atoms with E-state index < -0.39 is 5.97 Å². The first-order chi connectivity index (χ1) is 14.7. The van der Waals surface area contributed by atoms with Crippen LogP contribution < -0.4 is 0 Å². The van der Waals surface area contributed by atoms with E-state index in [1.807, 2.05) is 0 Å². The van der Waals surface area contributed by atoms with Crippen LogP contribution in [0.15, 0.2) is 23.3 Å². The number of Topliss-reactive ketones (excluding diaryl/α,β-unsaturated/α-hetero) is 1. The molecule has 0 aromatic carbocycles. The highest BCUT2D eigenvalue weighted by Gasteiger charge is 2.64. The summed E-state index contributed by atoms with van der Waals surface area (Å²) in [5.41, 5.74) is 3.22. The van der Waals surface area contributed by atoms with Crippen LogP contribution in [0, 0.1) is 46.3 Å². The summed E-state index contributed by atoms with van der Waals surface area (Å²) < 4.78 is 0. The molecule has 0 saturated heterocycles. The number of aliphatic carboxylic acids is 1. The highest BCUT2D eigenvalue weighted by molar-refractivity contribution is 5.87. The molecule has 172 valence electrons. The minimum Gasteiger partial charge on any atom is -0.481 e. The second-order valence-corrected chi connectivity index (χ2v) is 11.7. The van der Waals surface area contributed by atoms with E-state index in [4.69, 9.17) is 0 Å². The standard InChI is InChI=1S/C28H42O3/c1-6-18-12-13-27(4)20(14-18)15-19(7-2)26-22-10-9-21(17(3)8-11-25(30)31)28(22,5)24(29)16-23(26)27/h6-7,17,20-23,26H,8-16H2,1-5H3,(H,30,31)/b18-6-,19-7+/t17-,20+,21-,22+,23+,26+,27+,28-/m1/s1. The zero-order valence-electron chi connectivity index (χ0n) is 20.2. The molecule has 3 nitrogen and oxygen atoms in total. The Hall–Kier alpha value is -1.38. The number of rotatable bonds is 4. The molecule has 0 spiro atoms. The summed E-state index contributed by atoms with van der Waals surface area (Å²) in [6.45, 7) is 11.3. The van der Waals surface area contributed by atoms with Gasteiger partial charge in [0.15, 0.2) is 0 Å². The Labute approximate surface area is 188 Å². The van der Waals surface area contributed by atoms with Crippen LogP contribution in [0.2, 0.25) is 0 Å². The lowest BCUT2D eigenvalue weighted by atomic mass is 9.43. The van der Waals surface area contributed by atoms with Crippen molar-refractivity contribution in [1.82, 2.24) is 0 Å². The van der Waals surface area contributed by atoms with Crippen molar-refractivity contribution in [2.24, 2.45) is 46.3 Å². The first kappa shape index (κ1) is 22.8. The number of carbonyl (C=O) groups is 2. The fraction of sp³-hybridized carbons (Fsp3) is 0.786. The molecule has 0 aromatic heterocycles. The van der Waals surface area contributed by atoms with Gasteiger partial charge in [-0.15, -0.1) is 0 Å². The van der Waals surface area contributed by atoms with Crippen molar-refractivity contribution in [3.8, 4) is 0 Å². The fourth-order valence-electron chi connectivity index (χ4n) is 8.69. The highest BCUT2D eigenvalue weighted by atomic mass is 16.4. The maximum atomic E-state index is 13.9. The average Bonchev–Trinajstić information content (AvgIpc) is 3.10. The number of carboxylic acid groups (broad SMARTS) is 1. The third-order valence-corrected chi connectivity index (χ3v) is 10.7. The van der Waals surface area contributed by atoms with E-state index in [1.54, 1.807) is 11.1 Å². The summed E-state index contributed by atoms with van der Waals surface area (Å²) in [6, 6.07) is 0. The molecule has 4 saturated carbocycles. The molecule has 0 heterocycles. The third kappa shape index (κ3) is 3.45. The normalized spacial score (nSPS) is 45.8. The van der Waals surface area contributed by atoms with E-state index in [0.717, 1.165) is 19.3 Å². The van der Waals surface area contributed by atoms with Gasteiger partial charge in [0, 0.05) is 18.3 Å². The highest BCUT2D eigenvalue weighted by Crippen LogP contribution is 2.68. The van der Waals surface area contributed by atoms with Crippen LogP contribution in [-0.4, -0.2) is 16.9 Å². The van der Waals surface area contributed by atoms with Gasteiger partial charge in [0.05, 0.1) is 0 Å². The van der Waals surface area contributed by atoms with Crippen LogP contribution in [-0.2, 0) is 9.59 Å². The molecule has 0 bridgehead atoms. The second kappa shape index (κ2) is 8.19. The summed E-state index contributed by atoms with van der Waals surface area (Å²) in [7, 11) is 0. The molecule has 4 fully saturated rings. The van der Waals surface area contributed by atoms with Gasteiger partial charge in [-0.2, -0.15) is 0 Å². The number of hydrogen-bond donors (Lipinski definition) is 1. The Morgan fingerprint density at radius 1 is 1.13 bits per heavy atom. The predicted octanol–water partition coefficient (Wildman–Crippen LogP) is 6.83. The van der Waals surface area contributed by atoms with Gasteiger partial charge in [0.2, 0.25) is 0 Å². The quantitative estimate of drug-likeness (QED) is 0.501. The lowest BCUT2D eigenvalue weighted by Crippen LogP contribution is -2.57. The van der Waals surface area contributed by atoms with Gasteiger partial charge in [-0.1, -0.05) is 44.1 Å². The summed E-state index contributed by atoms with van der Waals surface area (Å²) in [6.07, 6.45) is 13.4.